The summed E-state index contributed by atoms with van der Waals surface area (Å²) in [4.78, 5) is 13.9. The van der Waals surface area contributed by atoms with Gasteiger partial charge in [0.05, 0.1) is 0 Å². The lowest BCUT2D eigenvalue weighted by Crippen LogP contribution is -2.39. The van der Waals surface area contributed by atoms with Crippen LogP contribution >= 0.6 is 0 Å². The summed E-state index contributed by atoms with van der Waals surface area (Å²) < 4.78 is 0. The largest absolute Gasteiger partial charge is 0.345 e. The standard InChI is InChI=1S/C15H30N2O/c1-3-4-5-6-7-10-15(18)17(2)13-14-9-8-11-16-12-14/h14,16H,3-13H2,1-2H3. The first-order chi connectivity index (χ1) is 8.74. The molecule has 1 rings (SSSR count). The number of rotatable bonds is 8. The second kappa shape index (κ2) is 9.37. The molecule has 0 bridgehead atoms. The predicted octanol–water partition coefficient (Wildman–Crippen LogP) is 2.80. The maximum absolute atomic E-state index is 12.0. The summed E-state index contributed by atoms with van der Waals surface area (Å²) in [6, 6.07) is 0. The molecule has 1 atom stereocenters. The van der Waals surface area contributed by atoms with Crippen LogP contribution in [0, 0.1) is 5.92 Å². The number of unbranched alkanes of at least 4 members (excludes halogenated alkanes) is 4. The number of carbonyl (C=O) groups is 1. The molecule has 1 aliphatic heterocycles. The second-order valence-corrected chi connectivity index (χ2v) is 5.65. The molecule has 18 heavy (non-hydrogen) atoms. The zero-order valence-electron chi connectivity index (χ0n) is 12.2. The van der Waals surface area contributed by atoms with Gasteiger partial charge in [-0.25, -0.2) is 0 Å². The van der Waals surface area contributed by atoms with E-state index < -0.39 is 0 Å². The molecule has 1 unspecified atom stereocenters. The van der Waals surface area contributed by atoms with Crippen LogP contribution in [-0.4, -0.2) is 37.5 Å². The Morgan fingerprint density at radius 1 is 1.28 bits per heavy atom. The van der Waals surface area contributed by atoms with Gasteiger partial charge in [0, 0.05) is 20.0 Å². The summed E-state index contributed by atoms with van der Waals surface area (Å²) in [7, 11) is 1.96. The van der Waals surface area contributed by atoms with Crippen molar-refractivity contribution in [3.05, 3.63) is 0 Å². The average molecular weight is 254 g/mol. The van der Waals surface area contributed by atoms with E-state index in [2.05, 4.69) is 12.2 Å². The summed E-state index contributed by atoms with van der Waals surface area (Å²) in [5.41, 5.74) is 0. The molecule has 0 saturated carbocycles. The Labute approximate surface area is 112 Å². The predicted molar refractivity (Wildman–Crippen MR) is 76.6 cm³/mol. The van der Waals surface area contributed by atoms with Crippen LogP contribution in [0.5, 0.6) is 0 Å². The lowest BCUT2D eigenvalue weighted by Gasteiger charge is -2.27. The van der Waals surface area contributed by atoms with Gasteiger partial charge in [-0.1, -0.05) is 32.6 Å². The van der Waals surface area contributed by atoms with Crippen molar-refractivity contribution >= 4 is 5.91 Å². The van der Waals surface area contributed by atoms with Crippen molar-refractivity contribution in [3.63, 3.8) is 0 Å². The van der Waals surface area contributed by atoms with Crippen molar-refractivity contribution in [2.45, 2.75) is 58.3 Å². The monoisotopic (exact) mass is 254 g/mol. The number of piperidine rings is 1. The van der Waals surface area contributed by atoms with E-state index in [-0.39, 0.29) is 0 Å². The van der Waals surface area contributed by atoms with Crippen molar-refractivity contribution in [3.8, 4) is 0 Å². The summed E-state index contributed by atoms with van der Waals surface area (Å²) in [6.45, 7) is 5.37. The van der Waals surface area contributed by atoms with Crippen LogP contribution in [0.3, 0.4) is 0 Å². The molecule has 1 N–H and O–H groups in total. The molecule has 1 saturated heterocycles. The lowest BCUT2D eigenvalue weighted by molar-refractivity contribution is -0.130. The molecular weight excluding hydrogens is 224 g/mol. The molecule has 1 aliphatic rings. The van der Waals surface area contributed by atoms with Gasteiger partial charge in [0.1, 0.15) is 0 Å². The van der Waals surface area contributed by atoms with Gasteiger partial charge in [0.15, 0.2) is 0 Å². The van der Waals surface area contributed by atoms with E-state index in [4.69, 9.17) is 0 Å². The number of hydrogen-bond donors (Lipinski definition) is 1. The fourth-order valence-electron chi connectivity index (χ4n) is 2.64. The van der Waals surface area contributed by atoms with Gasteiger partial charge >= 0.3 is 0 Å². The highest BCUT2D eigenvalue weighted by Gasteiger charge is 2.17. The first-order valence-corrected chi connectivity index (χ1v) is 7.68. The van der Waals surface area contributed by atoms with Crippen LogP contribution in [0.1, 0.15) is 58.3 Å². The van der Waals surface area contributed by atoms with Crippen molar-refractivity contribution in [1.29, 1.82) is 0 Å². The van der Waals surface area contributed by atoms with E-state index in [9.17, 15) is 4.79 Å². The third-order valence-corrected chi connectivity index (χ3v) is 3.85. The van der Waals surface area contributed by atoms with Crippen LogP contribution in [-0.2, 0) is 4.79 Å². The molecule has 106 valence electrons. The minimum absolute atomic E-state index is 0.331. The summed E-state index contributed by atoms with van der Waals surface area (Å²) in [5, 5.41) is 3.41. The second-order valence-electron chi connectivity index (χ2n) is 5.65. The Hall–Kier alpha value is -0.570. The summed E-state index contributed by atoms with van der Waals surface area (Å²) in [6.07, 6.45) is 9.37. The molecular formula is C15H30N2O. The van der Waals surface area contributed by atoms with Gasteiger partial charge in [-0.05, 0) is 38.3 Å². The van der Waals surface area contributed by atoms with Gasteiger partial charge in [-0.15, -0.1) is 0 Å². The number of amides is 1. The quantitative estimate of drug-likeness (QED) is 0.676. The van der Waals surface area contributed by atoms with Crippen LogP contribution < -0.4 is 5.32 Å². The van der Waals surface area contributed by atoms with Gasteiger partial charge in [-0.2, -0.15) is 0 Å². The average Bonchev–Trinajstić information content (AvgIpc) is 2.39. The van der Waals surface area contributed by atoms with E-state index in [1.54, 1.807) is 0 Å². The zero-order valence-corrected chi connectivity index (χ0v) is 12.2. The third kappa shape index (κ3) is 6.39. The highest BCUT2D eigenvalue weighted by Crippen LogP contribution is 2.12. The van der Waals surface area contributed by atoms with Gasteiger partial charge in [0.2, 0.25) is 5.91 Å². The van der Waals surface area contributed by atoms with E-state index in [1.165, 1.54) is 38.5 Å². The maximum Gasteiger partial charge on any atom is 0.222 e. The molecule has 0 aromatic heterocycles. The molecule has 0 aromatic rings. The number of carbonyl (C=O) groups excluding carboxylic acids is 1. The van der Waals surface area contributed by atoms with Gasteiger partial charge in [0.25, 0.3) is 0 Å². The van der Waals surface area contributed by atoms with E-state index in [0.717, 1.165) is 32.5 Å². The van der Waals surface area contributed by atoms with Gasteiger partial charge in [-0.3, -0.25) is 4.79 Å². The lowest BCUT2D eigenvalue weighted by atomic mass is 9.99. The van der Waals surface area contributed by atoms with Crippen LogP contribution in [0.25, 0.3) is 0 Å². The number of hydrogen-bond acceptors (Lipinski definition) is 2. The van der Waals surface area contributed by atoms with E-state index in [1.807, 2.05) is 11.9 Å². The van der Waals surface area contributed by atoms with E-state index >= 15 is 0 Å². The molecule has 0 aliphatic carbocycles. The first-order valence-electron chi connectivity index (χ1n) is 7.68. The molecule has 0 spiro atoms. The fraction of sp³-hybridized carbons (Fsp3) is 0.933. The molecule has 1 amide bonds. The number of nitrogens with one attached hydrogen (secondary N) is 1. The minimum Gasteiger partial charge on any atom is -0.345 e. The highest BCUT2D eigenvalue weighted by molar-refractivity contribution is 5.75. The SMILES string of the molecule is CCCCCCCC(=O)N(C)CC1CCCNC1. The molecule has 3 nitrogen and oxygen atoms in total. The molecule has 1 fully saturated rings. The van der Waals surface area contributed by atoms with Crippen LogP contribution in [0.15, 0.2) is 0 Å². The number of nitrogens with zero attached hydrogens (tertiary/aromatic N) is 1. The van der Waals surface area contributed by atoms with E-state index in [0.29, 0.717) is 11.8 Å². The minimum atomic E-state index is 0.331. The van der Waals surface area contributed by atoms with Crippen LogP contribution in [0.2, 0.25) is 0 Å². The normalized spacial score (nSPS) is 19.8. The Morgan fingerprint density at radius 3 is 2.72 bits per heavy atom. The van der Waals surface area contributed by atoms with Gasteiger partial charge < -0.3 is 10.2 Å². The Morgan fingerprint density at radius 2 is 2.06 bits per heavy atom. The third-order valence-electron chi connectivity index (χ3n) is 3.85. The Balaban J connectivity index is 2.08. The molecule has 1 heterocycles. The van der Waals surface area contributed by atoms with Crippen molar-refractivity contribution < 1.29 is 4.79 Å². The first kappa shape index (κ1) is 15.5. The van der Waals surface area contributed by atoms with Crippen molar-refractivity contribution in [2.75, 3.05) is 26.7 Å². The molecule has 3 heteroatoms. The smallest absolute Gasteiger partial charge is 0.222 e. The highest BCUT2D eigenvalue weighted by atomic mass is 16.2. The fourth-order valence-corrected chi connectivity index (χ4v) is 2.64. The Bertz CT molecular complexity index is 225. The topological polar surface area (TPSA) is 32.3 Å². The summed E-state index contributed by atoms with van der Waals surface area (Å²) >= 11 is 0. The molecule has 0 radical (unpaired) electrons. The maximum atomic E-state index is 12.0. The Kier molecular flexibility index (Phi) is 8.06. The summed E-state index contributed by atoms with van der Waals surface area (Å²) in [5.74, 6) is 0.991. The molecule has 0 aromatic carbocycles. The van der Waals surface area contributed by atoms with Crippen molar-refractivity contribution in [1.82, 2.24) is 10.2 Å². The van der Waals surface area contributed by atoms with Crippen LogP contribution in [0.4, 0.5) is 0 Å². The zero-order chi connectivity index (χ0) is 13.2. The van der Waals surface area contributed by atoms with Crippen molar-refractivity contribution in [2.24, 2.45) is 5.92 Å².